The number of hydrogen-bond acceptors (Lipinski definition) is 5. The molecule has 3 heterocycles. The van der Waals surface area contributed by atoms with E-state index in [9.17, 15) is 14.7 Å². The number of aromatic nitrogens is 1. The first-order chi connectivity index (χ1) is 13.6. The van der Waals surface area contributed by atoms with Crippen LogP contribution < -0.4 is 4.74 Å². The summed E-state index contributed by atoms with van der Waals surface area (Å²) in [5, 5.41) is 9.44. The number of para-hydroxylation sites is 1. The predicted molar refractivity (Wildman–Crippen MR) is 102 cm³/mol. The van der Waals surface area contributed by atoms with Gasteiger partial charge in [0.05, 0.1) is 17.2 Å². The fraction of sp³-hybridized carbons (Fsp3) is 0.381. The number of amides is 2. The van der Waals surface area contributed by atoms with Gasteiger partial charge < -0.3 is 19.6 Å². The Morgan fingerprint density at radius 3 is 2.43 bits per heavy atom. The minimum absolute atomic E-state index is 0.0153. The van der Waals surface area contributed by atoms with Crippen LogP contribution in [0.25, 0.3) is 0 Å². The van der Waals surface area contributed by atoms with Crippen molar-refractivity contribution >= 4 is 11.8 Å². The lowest BCUT2D eigenvalue weighted by Crippen LogP contribution is -2.53. The number of rotatable bonds is 4. The topological polar surface area (TPSA) is 83.0 Å². The van der Waals surface area contributed by atoms with E-state index >= 15 is 0 Å². The van der Waals surface area contributed by atoms with Crippen molar-refractivity contribution in [1.29, 1.82) is 0 Å². The number of pyridine rings is 1. The van der Waals surface area contributed by atoms with Gasteiger partial charge in [-0.1, -0.05) is 12.1 Å². The van der Waals surface area contributed by atoms with Gasteiger partial charge in [-0.25, -0.2) is 0 Å². The fourth-order valence-electron chi connectivity index (χ4n) is 3.57. The van der Waals surface area contributed by atoms with Gasteiger partial charge in [-0.3, -0.25) is 14.6 Å². The molecule has 0 aliphatic carbocycles. The van der Waals surface area contributed by atoms with Crippen molar-refractivity contribution in [1.82, 2.24) is 14.8 Å². The molecule has 146 valence electrons. The van der Waals surface area contributed by atoms with Gasteiger partial charge in [0.2, 0.25) is 0 Å². The molecule has 0 bridgehead atoms. The summed E-state index contributed by atoms with van der Waals surface area (Å²) in [4.78, 5) is 32.6. The first-order valence-corrected chi connectivity index (χ1v) is 9.54. The van der Waals surface area contributed by atoms with Crippen LogP contribution in [-0.2, 0) is 0 Å². The van der Waals surface area contributed by atoms with Crippen LogP contribution in [0.1, 0.15) is 33.6 Å². The summed E-state index contributed by atoms with van der Waals surface area (Å²) in [5.74, 6) is 0.425. The SMILES string of the molecule is O=C(c1cccnc1)N1CCC(Oc2ccccc2C(=O)N2CC(O)C2)CC1. The van der Waals surface area contributed by atoms with Crippen LogP contribution in [0.3, 0.4) is 0 Å². The smallest absolute Gasteiger partial charge is 0.257 e. The lowest BCUT2D eigenvalue weighted by molar-refractivity contribution is 0.00541. The van der Waals surface area contributed by atoms with E-state index in [0.717, 1.165) is 0 Å². The molecule has 7 nitrogen and oxygen atoms in total. The van der Waals surface area contributed by atoms with E-state index in [-0.39, 0.29) is 17.9 Å². The highest BCUT2D eigenvalue weighted by molar-refractivity contribution is 5.97. The zero-order valence-corrected chi connectivity index (χ0v) is 15.5. The van der Waals surface area contributed by atoms with Crippen molar-refractivity contribution in [3.63, 3.8) is 0 Å². The Morgan fingerprint density at radius 2 is 1.75 bits per heavy atom. The van der Waals surface area contributed by atoms with Gasteiger partial charge in [-0.05, 0) is 24.3 Å². The second-order valence-electron chi connectivity index (χ2n) is 7.21. The van der Waals surface area contributed by atoms with Crippen molar-refractivity contribution in [2.24, 2.45) is 0 Å². The number of carbonyl (C=O) groups excluding carboxylic acids is 2. The molecule has 28 heavy (non-hydrogen) atoms. The lowest BCUT2D eigenvalue weighted by Gasteiger charge is -2.36. The highest BCUT2D eigenvalue weighted by Crippen LogP contribution is 2.26. The summed E-state index contributed by atoms with van der Waals surface area (Å²) in [6.45, 7) is 1.93. The molecule has 7 heteroatoms. The number of benzene rings is 1. The third-order valence-electron chi connectivity index (χ3n) is 5.20. The Bertz CT molecular complexity index is 844. The van der Waals surface area contributed by atoms with Gasteiger partial charge >= 0.3 is 0 Å². The van der Waals surface area contributed by atoms with E-state index in [1.54, 1.807) is 41.6 Å². The Morgan fingerprint density at radius 1 is 1.00 bits per heavy atom. The number of piperidine rings is 1. The minimum Gasteiger partial charge on any atom is -0.489 e. The van der Waals surface area contributed by atoms with Crippen molar-refractivity contribution < 1.29 is 19.4 Å². The molecule has 1 N–H and O–H groups in total. The second kappa shape index (κ2) is 7.98. The predicted octanol–water partition coefficient (Wildman–Crippen LogP) is 1.58. The molecule has 2 saturated heterocycles. The maximum Gasteiger partial charge on any atom is 0.257 e. The van der Waals surface area contributed by atoms with Crippen LogP contribution in [-0.4, -0.2) is 70.1 Å². The van der Waals surface area contributed by atoms with E-state index in [1.165, 1.54) is 0 Å². The second-order valence-corrected chi connectivity index (χ2v) is 7.21. The molecular formula is C21H23N3O4. The van der Waals surface area contributed by atoms with E-state index in [1.807, 2.05) is 17.0 Å². The number of hydrogen-bond donors (Lipinski definition) is 1. The Kier molecular flexibility index (Phi) is 5.25. The van der Waals surface area contributed by atoms with Crippen molar-refractivity contribution in [3.8, 4) is 5.75 Å². The van der Waals surface area contributed by atoms with Crippen molar-refractivity contribution in [3.05, 3.63) is 59.9 Å². The normalized spacial score (nSPS) is 17.9. The maximum atomic E-state index is 12.6. The summed E-state index contributed by atoms with van der Waals surface area (Å²) in [7, 11) is 0. The molecule has 0 saturated carbocycles. The van der Waals surface area contributed by atoms with Crippen LogP contribution in [0.5, 0.6) is 5.75 Å². The van der Waals surface area contributed by atoms with Crippen LogP contribution in [0.2, 0.25) is 0 Å². The fourth-order valence-corrected chi connectivity index (χ4v) is 3.57. The monoisotopic (exact) mass is 381 g/mol. The highest BCUT2D eigenvalue weighted by atomic mass is 16.5. The van der Waals surface area contributed by atoms with E-state index in [4.69, 9.17) is 4.74 Å². The van der Waals surface area contributed by atoms with Gasteiger partial charge in [0, 0.05) is 51.4 Å². The lowest BCUT2D eigenvalue weighted by atomic mass is 10.1. The van der Waals surface area contributed by atoms with Gasteiger partial charge in [0.15, 0.2) is 0 Å². The quantitative estimate of drug-likeness (QED) is 0.870. The van der Waals surface area contributed by atoms with Crippen molar-refractivity contribution in [2.75, 3.05) is 26.2 Å². The van der Waals surface area contributed by atoms with Gasteiger partial charge in [-0.2, -0.15) is 0 Å². The zero-order valence-electron chi connectivity index (χ0n) is 15.5. The third kappa shape index (κ3) is 3.84. The van der Waals surface area contributed by atoms with Gasteiger partial charge in [-0.15, -0.1) is 0 Å². The summed E-state index contributed by atoms with van der Waals surface area (Å²) in [6.07, 6.45) is 4.16. The Hall–Kier alpha value is -2.93. The molecule has 0 radical (unpaired) electrons. The van der Waals surface area contributed by atoms with Crippen LogP contribution >= 0.6 is 0 Å². The third-order valence-corrected chi connectivity index (χ3v) is 5.20. The van der Waals surface area contributed by atoms with E-state index < -0.39 is 6.10 Å². The summed E-state index contributed by atoms with van der Waals surface area (Å²) in [6, 6.07) is 10.7. The summed E-state index contributed by atoms with van der Waals surface area (Å²) in [5.41, 5.74) is 1.11. The molecule has 0 unspecified atom stereocenters. The van der Waals surface area contributed by atoms with Crippen LogP contribution in [0, 0.1) is 0 Å². The zero-order chi connectivity index (χ0) is 19.5. The van der Waals surface area contributed by atoms with Gasteiger partial charge in [0.1, 0.15) is 11.9 Å². The average Bonchev–Trinajstić information content (AvgIpc) is 2.72. The molecule has 2 aliphatic heterocycles. The number of carbonyl (C=O) groups is 2. The molecule has 0 atom stereocenters. The molecule has 1 aromatic heterocycles. The molecule has 1 aromatic carbocycles. The van der Waals surface area contributed by atoms with E-state index in [0.29, 0.717) is 55.9 Å². The Labute approximate surface area is 163 Å². The summed E-state index contributed by atoms with van der Waals surface area (Å²) < 4.78 is 6.13. The first kappa shape index (κ1) is 18.4. The number of β-amino-alcohol motifs (C(OH)–C–C–N with tert-alkyl or cyclic N) is 1. The number of ether oxygens (including phenoxy) is 1. The number of nitrogens with zero attached hydrogens (tertiary/aromatic N) is 3. The minimum atomic E-state index is -0.432. The molecule has 2 fully saturated rings. The van der Waals surface area contributed by atoms with Crippen molar-refractivity contribution in [2.45, 2.75) is 25.0 Å². The number of aliphatic hydroxyl groups excluding tert-OH is 1. The molecule has 4 rings (SSSR count). The molecule has 0 spiro atoms. The average molecular weight is 381 g/mol. The van der Waals surface area contributed by atoms with E-state index in [2.05, 4.69) is 4.98 Å². The number of likely N-dealkylation sites (tertiary alicyclic amines) is 2. The van der Waals surface area contributed by atoms with Crippen LogP contribution in [0.4, 0.5) is 0 Å². The molecule has 2 aromatic rings. The molecular weight excluding hydrogens is 358 g/mol. The standard InChI is InChI=1S/C21H23N3O4/c25-16-13-24(14-16)21(27)18-5-1-2-6-19(18)28-17-7-10-23(11-8-17)20(26)15-4-3-9-22-12-15/h1-6,9,12,16-17,25H,7-8,10-11,13-14H2. The first-order valence-electron chi connectivity index (χ1n) is 9.54. The molecule has 2 amide bonds. The maximum absolute atomic E-state index is 12.6. The highest BCUT2D eigenvalue weighted by Gasteiger charge is 2.32. The Balaban J connectivity index is 1.36. The number of aliphatic hydroxyl groups is 1. The summed E-state index contributed by atoms with van der Waals surface area (Å²) >= 11 is 0. The van der Waals surface area contributed by atoms with Crippen LogP contribution in [0.15, 0.2) is 48.8 Å². The largest absolute Gasteiger partial charge is 0.489 e. The van der Waals surface area contributed by atoms with Gasteiger partial charge in [0.25, 0.3) is 11.8 Å². The molecule has 2 aliphatic rings.